The number of rotatable bonds is 5. The molecule has 5 nitrogen and oxygen atoms in total. The van der Waals surface area contributed by atoms with Crippen molar-refractivity contribution < 1.29 is 9.59 Å². The van der Waals surface area contributed by atoms with Crippen LogP contribution in [-0.4, -0.2) is 31.4 Å². The Kier molecular flexibility index (Phi) is 3.81. The van der Waals surface area contributed by atoms with E-state index in [1.165, 1.54) is 0 Å². The highest BCUT2D eigenvalue weighted by Gasteiger charge is 2.64. The van der Waals surface area contributed by atoms with Crippen molar-refractivity contribution in [1.29, 1.82) is 0 Å². The molecule has 17 heavy (non-hydrogen) atoms. The summed E-state index contributed by atoms with van der Waals surface area (Å²) in [6, 6.07) is 0. The Labute approximate surface area is 103 Å². The number of carbonyl (C=O) groups is 2. The molecule has 0 radical (unpaired) electrons. The Hall–Kier alpha value is -1.10. The molecule has 0 aromatic rings. The summed E-state index contributed by atoms with van der Waals surface area (Å²) in [5.41, 5.74) is 5.65. The van der Waals surface area contributed by atoms with Gasteiger partial charge in [-0.2, -0.15) is 0 Å². The van der Waals surface area contributed by atoms with E-state index in [9.17, 15) is 9.59 Å². The topological polar surface area (TPSA) is 84.2 Å². The number of carbonyl (C=O) groups excluding carboxylic acids is 2. The summed E-state index contributed by atoms with van der Waals surface area (Å²) in [5, 5.41) is 5.28. The van der Waals surface area contributed by atoms with Gasteiger partial charge >= 0.3 is 0 Å². The fourth-order valence-corrected chi connectivity index (χ4v) is 2.37. The SMILES string of the molecule is CC1(C)C(CNC(=O)CNC(=O)CN)C1(C)C. The summed E-state index contributed by atoms with van der Waals surface area (Å²) < 4.78 is 0. The van der Waals surface area contributed by atoms with Crippen LogP contribution in [0.1, 0.15) is 27.7 Å². The van der Waals surface area contributed by atoms with Crippen molar-refractivity contribution >= 4 is 11.8 Å². The Morgan fingerprint density at radius 3 is 2.00 bits per heavy atom. The monoisotopic (exact) mass is 241 g/mol. The minimum Gasteiger partial charge on any atom is -0.354 e. The highest BCUT2D eigenvalue weighted by molar-refractivity contribution is 5.85. The molecule has 0 spiro atoms. The fourth-order valence-electron chi connectivity index (χ4n) is 2.37. The van der Waals surface area contributed by atoms with Crippen LogP contribution in [0, 0.1) is 16.7 Å². The third-order valence-corrected chi connectivity index (χ3v) is 4.45. The van der Waals surface area contributed by atoms with Crippen molar-refractivity contribution in [3.8, 4) is 0 Å². The van der Waals surface area contributed by atoms with Crippen LogP contribution >= 0.6 is 0 Å². The third kappa shape index (κ3) is 2.77. The van der Waals surface area contributed by atoms with Crippen LogP contribution in [0.5, 0.6) is 0 Å². The summed E-state index contributed by atoms with van der Waals surface area (Å²) in [5.74, 6) is 0.0155. The molecule has 0 aromatic carbocycles. The largest absolute Gasteiger partial charge is 0.354 e. The quantitative estimate of drug-likeness (QED) is 0.626. The molecule has 1 rings (SSSR count). The van der Waals surface area contributed by atoms with E-state index in [-0.39, 0.29) is 35.7 Å². The van der Waals surface area contributed by atoms with Crippen LogP contribution in [-0.2, 0) is 9.59 Å². The molecule has 0 saturated heterocycles. The molecule has 0 bridgehead atoms. The van der Waals surface area contributed by atoms with Gasteiger partial charge in [0.2, 0.25) is 11.8 Å². The van der Waals surface area contributed by atoms with E-state index >= 15 is 0 Å². The van der Waals surface area contributed by atoms with Crippen molar-refractivity contribution in [3.63, 3.8) is 0 Å². The number of nitrogens with one attached hydrogen (secondary N) is 2. The van der Waals surface area contributed by atoms with E-state index in [2.05, 4.69) is 38.3 Å². The van der Waals surface area contributed by atoms with Crippen molar-refractivity contribution in [2.75, 3.05) is 19.6 Å². The molecule has 4 N–H and O–H groups in total. The van der Waals surface area contributed by atoms with Crippen molar-refractivity contribution in [2.45, 2.75) is 27.7 Å². The lowest BCUT2D eigenvalue weighted by molar-refractivity contribution is -0.125. The lowest BCUT2D eigenvalue weighted by Gasteiger charge is -2.07. The van der Waals surface area contributed by atoms with Gasteiger partial charge in [0.15, 0.2) is 0 Å². The first kappa shape index (κ1) is 14.0. The standard InChI is InChI=1S/C12H23N3O2/c1-11(2)8(12(11,3)4)6-14-10(17)7-15-9(16)5-13/h8H,5-7,13H2,1-4H3,(H,14,17)(H,15,16). The van der Waals surface area contributed by atoms with E-state index < -0.39 is 0 Å². The highest BCUT2D eigenvalue weighted by Crippen LogP contribution is 2.67. The molecular weight excluding hydrogens is 218 g/mol. The Morgan fingerprint density at radius 2 is 1.59 bits per heavy atom. The second kappa shape index (κ2) is 4.64. The number of amides is 2. The maximum Gasteiger partial charge on any atom is 0.239 e. The van der Waals surface area contributed by atoms with Crippen molar-refractivity contribution in [1.82, 2.24) is 10.6 Å². The molecular formula is C12H23N3O2. The zero-order chi connectivity index (χ0) is 13.3. The zero-order valence-electron chi connectivity index (χ0n) is 11.1. The first-order valence-corrected chi connectivity index (χ1v) is 5.97. The predicted octanol–water partition coefficient (Wildman–Crippen LogP) is -0.140. The van der Waals surface area contributed by atoms with Gasteiger partial charge in [-0.3, -0.25) is 9.59 Å². The van der Waals surface area contributed by atoms with Gasteiger partial charge in [0.05, 0.1) is 13.1 Å². The molecule has 0 heterocycles. The van der Waals surface area contributed by atoms with E-state index in [1.807, 2.05) is 0 Å². The van der Waals surface area contributed by atoms with Crippen LogP contribution in [0.2, 0.25) is 0 Å². The Morgan fingerprint density at radius 1 is 1.06 bits per heavy atom. The molecule has 1 saturated carbocycles. The lowest BCUT2D eigenvalue weighted by Crippen LogP contribution is -2.40. The van der Waals surface area contributed by atoms with Gasteiger partial charge in [-0.15, -0.1) is 0 Å². The van der Waals surface area contributed by atoms with Gasteiger partial charge in [0, 0.05) is 6.54 Å². The van der Waals surface area contributed by atoms with E-state index in [1.54, 1.807) is 0 Å². The second-order valence-electron chi connectivity index (χ2n) is 5.78. The first-order chi connectivity index (χ1) is 7.73. The maximum atomic E-state index is 11.5. The summed E-state index contributed by atoms with van der Waals surface area (Å²) in [7, 11) is 0. The molecule has 1 aliphatic carbocycles. The average molecular weight is 241 g/mol. The van der Waals surface area contributed by atoms with Crippen molar-refractivity contribution in [2.24, 2.45) is 22.5 Å². The molecule has 1 aliphatic rings. The van der Waals surface area contributed by atoms with Crippen LogP contribution < -0.4 is 16.4 Å². The minimum absolute atomic E-state index is 0.00358. The summed E-state index contributed by atoms with van der Waals surface area (Å²) in [6.07, 6.45) is 0. The molecule has 0 unspecified atom stereocenters. The van der Waals surface area contributed by atoms with Gasteiger partial charge in [-0.1, -0.05) is 27.7 Å². The average Bonchev–Trinajstić information content (AvgIpc) is 2.63. The molecule has 0 aromatic heterocycles. The van der Waals surface area contributed by atoms with Gasteiger partial charge in [-0.25, -0.2) is 0 Å². The second-order valence-corrected chi connectivity index (χ2v) is 5.78. The fraction of sp³-hybridized carbons (Fsp3) is 0.833. The molecule has 0 atom stereocenters. The number of hydrogen-bond acceptors (Lipinski definition) is 3. The highest BCUT2D eigenvalue weighted by atomic mass is 16.2. The Balaban J connectivity index is 2.24. The van der Waals surface area contributed by atoms with E-state index in [0.29, 0.717) is 12.5 Å². The minimum atomic E-state index is -0.313. The van der Waals surface area contributed by atoms with Gasteiger partial charge in [0.1, 0.15) is 0 Å². The third-order valence-electron chi connectivity index (χ3n) is 4.45. The summed E-state index contributed by atoms with van der Waals surface area (Å²) in [6.45, 7) is 9.41. The van der Waals surface area contributed by atoms with Crippen molar-refractivity contribution in [3.05, 3.63) is 0 Å². The molecule has 0 aliphatic heterocycles. The molecule has 98 valence electrons. The van der Waals surface area contributed by atoms with Gasteiger partial charge in [0.25, 0.3) is 0 Å². The lowest BCUT2D eigenvalue weighted by atomic mass is 10.0. The van der Waals surface area contributed by atoms with Gasteiger partial charge < -0.3 is 16.4 Å². The van der Waals surface area contributed by atoms with Crippen LogP contribution in [0.3, 0.4) is 0 Å². The van der Waals surface area contributed by atoms with Crippen LogP contribution in [0.4, 0.5) is 0 Å². The molecule has 1 fully saturated rings. The number of hydrogen-bond donors (Lipinski definition) is 3. The van der Waals surface area contributed by atoms with Crippen LogP contribution in [0.15, 0.2) is 0 Å². The maximum absolute atomic E-state index is 11.5. The zero-order valence-corrected chi connectivity index (χ0v) is 11.1. The van der Waals surface area contributed by atoms with Crippen LogP contribution in [0.25, 0.3) is 0 Å². The molecule has 2 amide bonds. The smallest absolute Gasteiger partial charge is 0.239 e. The van der Waals surface area contributed by atoms with E-state index in [4.69, 9.17) is 5.73 Å². The summed E-state index contributed by atoms with van der Waals surface area (Å²) >= 11 is 0. The van der Waals surface area contributed by atoms with Gasteiger partial charge in [-0.05, 0) is 16.7 Å². The Bertz CT molecular complexity index is 310. The summed E-state index contributed by atoms with van der Waals surface area (Å²) in [4.78, 5) is 22.3. The first-order valence-electron chi connectivity index (χ1n) is 5.97. The van der Waals surface area contributed by atoms with E-state index in [0.717, 1.165) is 0 Å². The number of nitrogens with two attached hydrogens (primary N) is 1. The molecule has 5 heteroatoms. The normalized spacial score (nSPS) is 20.8. The predicted molar refractivity (Wildman–Crippen MR) is 66.1 cm³/mol.